The third-order valence-electron chi connectivity index (χ3n) is 6.49. The first-order valence-corrected chi connectivity index (χ1v) is 11.5. The van der Waals surface area contributed by atoms with Crippen LogP contribution in [0.5, 0.6) is 0 Å². The van der Waals surface area contributed by atoms with Gasteiger partial charge in [-0.1, -0.05) is 91.0 Å². The summed E-state index contributed by atoms with van der Waals surface area (Å²) in [5.41, 5.74) is 4.33. The fourth-order valence-electron chi connectivity index (χ4n) is 4.87. The van der Waals surface area contributed by atoms with Crippen LogP contribution in [0, 0.1) is 0 Å². The minimum Gasteiger partial charge on any atom is -0.319 e. The molecular formula is C28H30N4. The molecule has 32 heavy (non-hydrogen) atoms. The van der Waals surface area contributed by atoms with Gasteiger partial charge in [0.2, 0.25) is 0 Å². The predicted octanol–water partition coefficient (Wildman–Crippen LogP) is 4.17. The Morgan fingerprint density at radius 1 is 0.719 bits per heavy atom. The highest BCUT2D eigenvalue weighted by molar-refractivity contribution is 5.50. The van der Waals surface area contributed by atoms with Gasteiger partial charge in [-0.25, -0.2) is 4.98 Å². The number of rotatable bonds is 7. The van der Waals surface area contributed by atoms with Gasteiger partial charge in [0.25, 0.3) is 0 Å². The average Bonchev–Trinajstić information content (AvgIpc) is 3.35. The molecule has 1 aromatic heterocycles. The van der Waals surface area contributed by atoms with Crippen molar-refractivity contribution in [1.82, 2.24) is 19.8 Å². The lowest BCUT2D eigenvalue weighted by Crippen LogP contribution is -2.44. The first-order chi connectivity index (χ1) is 15.9. The Kier molecular flexibility index (Phi) is 6.15. The van der Waals surface area contributed by atoms with Crippen LogP contribution in [0.3, 0.4) is 0 Å². The number of nitrogens with one attached hydrogen (secondary N) is 1. The third-order valence-corrected chi connectivity index (χ3v) is 6.49. The maximum atomic E-state index is 4.86. The molecule has 4 nitrogen and oxygen atoms in total. The maximum absolute atomic E-state index is 4.86. The Bertz CT molecular complexity index is 1000. The van der Waals surface area contributed by atoms with E-state index in [0.717, 1.165) is 44.8 Å². The number of nitrogens with zero attached hydrogens (tertiary/aromatic N) is 3. The van der Waals surface area contributed by atoms with Crippen molar-refractivity contribution in [3.05, 3.63) is 126 Å². The molecule has 0 bridgehead atoms. The lowest BCUT2D eigenvalue weighted by atomic mass is 9.77. The summed E-state index contributed by atoms with van der Waals surface area (Å²) in [5, 5.41) is 3.43. The largest absolute Gasteiger partial charge is 0.319 e. The van der Waals surface area contributed by atoms with Crippen molar-refractivity contribution in [3.8, 4) is 0 Å². The van der Waals surface area contributed by atoms with E-state index >= 15 is 0 Å². The molecule has 0 amide bonds. The molecule has 1 fully saturated rings. The van der Waals surface area contributed by atoms with E-state index < -0.39 is 5.54 Å². The highest BCUT2D eigenvalue weighted by atomic mass is 15.2. The van der Waals surface area contributed by atoms with Gasteiger partial charge in [-0.3, -0.25) is 0 Å². The van der Waals surface area contributed by atoms with Gasteiger partial charge in [-0.2, -0.15) is 0 Å². The second-order valence-corrected chi connectivity index (χ2v) is 8.42. The second kappa shape index (κ2) is 9.51. The summed E-state index contributed by atoms with van der Waals surface area (Å²) in [4.78, 5) is 7.39. The summed E-state index contributed by atoms with van der Waals surface area (Å²) in [6.45, 7) is 5.43. The molecule has 162 valence electrons. The van der Waals surface area contributed by atoms with Gasteiger partial charge in [-0.05, 0) is 16.7 Å². The molecule has 1 aliphatic heterocycles. The normalized spacial score (nSPS) is 15.0. The maximum Gasteiger partial charge on any atom is 0.121 e. The quantitative estimate of drug-likeness (QED) is 0.454. The minimum atomic E-state index is -0.482. The standard InChI is InChI=1S/C28H30N4/c1-4-10-24(11-5-1)28(25-12-6-2-7-13-25,26-14-8-3-9-15-26)32-22-27(30-23-32)16-19-31-20-17-29-18-21-31/h1-15,22-23,29H,16-21H2. The molecule has 3 aromatic carbocycles. The Balaban J connectivity index is 1.60. The molecule has 0 atom stereocenters. The smallest absolute Gasteiger partial charge is 0.121 e. The van der Waals surface area contributed by atoms with E-state index in [-0.39, 0.29) is 0 Å². The molecule has 0 saturated carbocycles. The van der Waals surface area contributed by atoms with E-state index in [1.54, 1.807) is 0 Å². The van der Waals surface area contributed by atoms with Crippen molar-refractivity contribution in [3.63, 3.8) is 0 Å². The zero-order chi connectivity index (χ0) is 21.6. The minimum absolute atomic E-state index is 0.482. The van der Waals surface area contributed by atoms with E-state index in [9.17, 15) is 0 Å². The first-order valence-electron chi connectivity index (χ1n) is 11.5. The van der Waals surface area contributed by atoms with E-state index in [4.69, 9.17) is 4.98 Å². The van der Waals surface area contributed by atoms with Crippen LogP contribution in [0.2, 0.25) is 0 Å². The molecule has 0 aliphatic carbocycles. The number of hydrogen-bond donors (Lipinski definition) is 1. The molecular weight excluding hydrogens is 392 g/mol. The number of hydrogen-bond acceptors (Lipinski definition) is 3. The first kappa shape index (κ1) is 20.7. The summed E-state index contributed by atoms with van der Waals surface area (Å²) in [6.07, 6.45) is 5.22. The monoisotopic (exact) mass is 422 g/mol. The van der Waals surface area contributed by atoms with Gasteiger partial charge in [0.1, 0.15) is 5.54 Å². The summed E-state index contributed by atoms with van der Waals surface area (Å²) in [6, 6.07) is 32.3. The fourth-order valence-corrected chi connectivity index (χ4v) is 4.87. The lowest BCUT2D eigenvalue weighted by molar-refractivity contribution is 0.243. The van der Waals surface area contributed by atoms with E-state index in [1.165, 1.54) is 16.7 Å². The van der Waals surface area contributed by atoms with Gasteiger partial charge < -0.3 is 14.8 Å². The van der Waals surface area contributed by atoms with Crippen LogP contribution in [-0.4, -0.2) is 47.2 Å². The molecule has 2 heterocycles. The van der Waals surface area contributed by atoms with Crippen LogP contribution in [0.1, 0.15) is 22.4 Å². The summed E-state index contributed by atoms with van der Waals surface area (Å²) < 4.78 is 2.31. The highest BCUT2D eigenvalue weighted by Crippen LogP contribution is 2.40. The Labute approximate surface area is 190 Å². The number of imidazole rings is 1. The van der Waals surface area contributed by atoms with Gasteiger partial charge in [-0.15, -0.1) is 0 Å². The summed E-state index contributed by atoms with van der Waals surface area (Å²) >= 11 is 0. The Morgan fingerprint density at radius 3 is 1.72 bits per heavy atom. The summed E-state index contributed by atoms with van der Waals surface area (Å²) in [5.74, 6) is 0. The Morgan fingerprint density at radius 2 is 1.22 bits per heavy atom. The van der Waals surface area contributed by atoms with Crippen molar-refractivity contribution in [2.75, 3.05) is 32.7 Å². The van der Waals surface area contributed by atoms with Crippen molar-refractivity contribution in [2.45, 2.75) is 12.0 Å². The van der Waals surface area contributed by atoms with Crippen LogP contribution in [0.4, 0.5) is 0 Å². The van der Waals surface area contributed by atoms with Gasteiger partial charge in [0.15, 0.2) is 0 Å². The number of benzene rings is 3. The lowest BCUT2D eigenvalue weighted by Gasteiger charge is -2.37. The van der Waals surface area contributed by atoms with Crippen molar-refractivity contribution in [2.24, 2.45) is 0 Å². The van der Waals surface area contributed by atoms with Crippen LogP contribution in [-0.2, 0) is 12.0 Å². The molecule has 0 unspecified atom stereocenters. The zero-order valence-electron chi connectivity index (χ0n) is 18.4. The molecule has 4 aromatic rings. The number of aromatic nitrogens is 2. The van der Waals surface area contributed by atoms with Crippen LogP contribution in [0.15, 0.2) is 104 Å². The molecule has 4 heteroatoms. The molecule has 1 N–H and O–H groups in total. The van der Waals surface area contributed by atoms with Gasteiger partial charge in [0.05, 0.1) is 12.0 Å². The third kappa shape index (κ3) is 3.99. The topological polar surface area (TPSA) is 33.1 Å². The Hall–Kier alpha value is -3.21. The molecule has 0 spiro atoms. The van der Waals surface area contributed by atoms with E-state index in [2.05, 4.69) is 112 Å². The predicted molar refractivity (Wildman–Crippen MR) is 130 cm³/mol. The van der Waals surface area contributed by atoms with Crippen LogP contribution < -0.4 is 5.32 Å². The molecule has 1 aliphatic rings. The van der Waals surface area contributed by atoms with E-state index in [0.29, 0.717) is 0 Å². The second-order valence-electron chi connectivity index (χ2n) is 8.42. The molecule has 1 saturated heterocycles. The molecule has 5 rings (SSSR count). The highest BCUT2D eigenvalue weighted by Gasteiger charge is 2.38. The fraction of sp³-hybridized carbons (Fsp3) is 0.250. The SMILES string of the molecule is c1ccc(C(c2ccccc2)(c2ccccc2)n2cnc(CCN3CCNCC3)c2)cc1. The number of piperazine rings is 1. The van der Waals surface area contributed by atoms with Gasteiger partial charge in [0, 0.05) is 45.3 Å². The van der Waals surface area contributed by atoms with Crippen LogP contribution in [0.25, 0.3) is 0 Å². The summed E-state index contributed by atoms with van der Waals surface area (Å²) in [7, 11) is 0. The van der Waals surface area contributed by atoms with Crippen molar-refractivity contribution in [1.29, 1.82) is 0 Å². The van der Waals surface area contributed by atoms with Crippen molar-refractivity contribution >= 4 is 0 Å². The van der Waals surface area contributed by atoms with E-state index in [1.807, 2.05) is 6.33 Å². The zero-order valence-corrected chi connectivity index (χ0v) is 18.4. The van der Waals surface area contributed by atoms with Crippen molar-refractivity contribution < 1.29 is 0 Å². The van der Waals surface area contributed by atoms with Crippen LogP contribution >= 0.6 is 0 Å². The molecule has 0 radical (unpaired) electrons. The van der Waals surface area contributed by atoms with Gasteiger partial charge >= 0.3 is 0 Å². The average molecular weight is 423 g/mol.